The van der Waals surface area contributed by atoms with E-state index in [4.69, 9.17) is 4.74 Å². The van der Waals surface area contributed by atoms with Crippen LogP contribution in [0.2, 0.25) is 0 Å². The lowest BCUT2D eigenvalue weighted by molar-refractivity contribution is 0.102. The number of benzene rings is 2. The van der Waals surface area contributed by atoms with Crippen molar-refractivity contribution in [2.45, 2.75) is 26.8 Å². The zero-order valence-electron chi connectivity index (χ0n) is 17.6. The summed E-state index contributed by atoms with van der Waals surface area (Å²) in [5.74, 6) is 0.287. The molecular weight excluding hydrogens is 410 g/mol. The Balaban J connectivity index is 1.66. The van der Waals surface area contributed by atoms with Crippen molar-refractivity contribution >= 4 is 33.1 Å². The molecule has 2 heterocycles. The molecule has 1 amide bonds. The number of fused-ring (bicyclic) bond motifs is 1. The second-order valence-electron chi connectivity index (χ2n) is 7.24. The number of carbonyl (C=O) groups excluding carboxylic acids is 1. The number of anilines is 1. The van der Waals surface area contributed by atoms with Gasteiger partial charge in [0.05, 0.1) is 35.9 Å². The molecule has 2 aromatic carbocycles. The summed E-state index contributed by atoms with van der Waals surface area (Å²) in [7, 11) is 1.55. The number of carbonyl (C=O) groups is 1. The zero-order valence-corrected chi connectivity index (χ0v) is 18.5. The van der Waals surface area contributed by atoms with Crippen LogP contribution in [0.3, 0.4) is 0 Å². The molecule has 0 saturated carbocycles. The molecule has 0 aliphatic heterocycles. The van der Waals surface area contributed by atoms with Crippen molar-refractivity contribution in [1.29, 1.82) is 0 Å². The van der Waals surface area contributed by atoms with E-state index in [9.17, 15) is 9.59 Å². The van der Waals surface area contributed by atoms with Gasteiger partial charge in [-0.3, -0.25) is 14.2 Å². The van der Waals surface area contributed by atoms with Crippen LogP contribution in [0.5, 0.6) is 5.75 Å². The van der Waals surface area contributed by atoms with E-state index < -0.39 is 0 Å². The molecule has 0 unspecified atom stereocenters. The number of aromatic nitrogens is 2. The number of rotatable bonds is 6. The standard InChI is InChI=1S/C24H23N3O3S/c1-4-16-9-11-17(12-10-16)13-27-14-25-23-20(24(27)29)15(2)21(31-23)22(28)26-18-7-5-6-8-19(18)30-3/h5-12,14H,4,13H2,1-3H3,(H,26,28). The normalized spacial score (nSPS) is 10.9. The molecule has 0 aliphatic carbocycles. The molecule has 1 N–H and O–H groups in total. The van der Waals surface area contributed by atoms with Gasteiger partial charge in [-0.05, 0) is 42.2 Å². The number of hydrogen-bond acceptors (Lipinski definition) is 5. The minimum atomic E-state index is -0.286. The second-order valence-corrected chi connectivity index (χ2v) is 8.24. The summed E-state index contributed by atoms with van der Waals surface area (Å²) >= 11 is 1.22. The van der Waals surface area contributed by atoms with Gasteiger partial charge in [0.15, 0.2) is 0 Å². The molecule has 4 aromatic rings. The van der Waals surface area contributed by atoms with E-state index >= 15 is 0 Å². The zero-order chi connectivity index (χ0) is 22.0. The lowest BCUT2D eigenvalue weighted by Crippen LogP contribution is -2.21. The average Bonchev–Trinajstić information content (AvgIpc) is 3.13. The predicted molar refractivity (Wildman–Crippen MR) is 124 cm³/mol. The van der Waals surface area contributed by atoms with Gasteiger partial charge in [-0.25, -0.2) is 4.98 Å². The number of methoxy groups -OCH3 is 1. The van der Waals surface area contributed by atoms with Crippen molar-refractivity contribution in [2.24, 2.45) is 0 Å². The molecule has 0 aliphatic rings. The van der Waals surface area contributed by atoms with Gasteiger partial charge >= 0.3 is 0 Å². The summed E-state index contributed by atoms with van der Waals surface area (Å²) < 4.78 is 6.89. The van der Waals surface area contributed by atoms with Crippen molar-refractivity contribution in [3.05, 3.63) is 86.8 Å². The number of nitrogens with zero attached hydrogens (tertiary/aromatic N) is 2. The fraction of sp³-hybridized carbons (Fsp3) is 0.208. The fourth-order valence-corrected chi connectivity index (χ4v) is 4.53. The molecule has 0 fully saturated rings. The van der Waals surface area contributed by atoms with Gasteiger partial charge in [-0.15, -0.1) is 11.3 Å². The monoisotopic (exact) mass is 433 g/mol. The molecule has 0 bridgehead atoms. The third kappa shape index (κ3) is 4.09. The maximum absolute atomic E-state index is 13.1. The quantitative estimate of drug-likeness (QED) is 0.481. The Kier molecular flexibility index (Phi) is 5.86. The molecule has 0 radical (unpaired) electrons. The van der Waals surface area contributed by atoms with Gasteiger partial charge in [0.2, 0.25) is 0 Å². The first kappa shape index (κ1) is 20.8. The molecule has 158 valence electrons. The topological polar surface area (TPSA) is 73.2 Å². The molecular formula is C24H23N3O3S. The van der Waals surface area contributed by atoms with E-state index in [0.29, 0.717) is 38.6 Å². The highest BCUT2D eigenvalue weighted by atomic mass is 32.1. The van der Waals surface area contributed by atoms with Crippen molar-refractivity contribution < 1.29 is 9.53 Å². The van der Waals surface area contributed by atoms with E-state index in [0.717, 1.165) is 12.0 Å². The Morgan fingerprint density at radius 2 is 1.84 bits per heavy atom. The number of para-hydroxylation sites is 2. The molecule has 31 heavy (non-hydrogen) atoms. The van der Waals surface area contributed by atoms with E-state index in [2.05, 4.69) is 29.4 Å². The van der Waals surface area contributed by atoms with Crippen molar-refractivity contribution in [2.75, 3.05) is 12.4 Å². The maximum Gasteiger partial charge on any atom is 0.266 e. The molecule has 6 nitrogen and oxygen atoms in total. The molecule has 0 atom stereocenters. The predicted octanol–water partition coefficient (Wildman–Crippen LogP) is 4.64. The van der Waals surface area contributed by atoms with E-state index in [1.165, 1.54) is 16.9 Å². The summed E-state index contributed by atoms with van der Waals surface area (Å²) in [5, 5.41) is 3.36. The third-order valence-electron chi connectivity index (χ3n) is 5.26. The number of ether oxygens (including phenoxy) is 1. The van der Waals surface area contributed by atoms with Crippen molar-refractivity contribution in [3.63, 3.8) is 0 Å². The maximum atomic E-state index is 13.1. The Hall–Kier alpha value is -3.45. The summed E-state index contributed by atoms with van der Waals surface area (Å²) in [5.41, 5.74) is 3.36. The van der Waals surface area contributed by atoms with Gasteiger partial charge in [0, 0.05) is 0 Å². The molecule has 4 rings (SSSR count). The Labute approximate surface area is 184 Å². The van der Waals surface area contributed by atoms with Crippen LogP contribution in [0, 0.1) is 6.92 Å². The van der Waals surface area contributed by atoms with Gasteiger partial charge in [0.1, 0.15) is 10.6 Å². The van der Waals surface area contributed by atoms with Gasteiger partial charge < -0.3 is 10.1 Å². The minimum absolute atomic E-state index is 0.144. The van der Waals surface area contributed by atoms with Crippen LogP contribution in [0.25, 0.3) is 10.2 Å². The smallest absolute Gasteiger partial charge is 0.266 e. The minimum Gasteiger partial charge on any atom is -0.495 e. The van der Waals surface area contributed by atoms with Gasteiger partial charge in [-0.1, -0.05) is 43.3 Å². The average molecular weight is 434 g/mol. The lowest BCUT2D eigenvalue weighted by atomic mass is 10.1. The first-order chi connectivity index (χ1) is 15.0. The number of hydrogen-bond donors (Lipinski definition) is 1. The summed E-state index contributed by atoms with van der Waals surface area (Å²) in [4.78, 5) is 31.6. The highest BCUT2D eigenvalue weighted by molar-refractivity contribution is 7.20. The molecule has 0 saturated heterocycles. The fourth-order valence-electron chi connectivity index (χ4n) is 3.49. The van der Waals surface area contributed by atoms with Crippen LogP contribution < -0.4 is 15.6 Å². The van der Waals surface area contributed by atoms with Crippen LogP contribution >= 0.6 is 11.3 Å². The van der Waals surface area contributed by atoms with Crippen molar-refractivity contribution in [3.8, 4) is 5.75 Å². The number of amides is 1. The Bertz CT molecular complexity index is 1310. The van der Waals surface area contributed by atoms with Gasteiger partial charge in [-0.2, -0.15) is 0 Å². The van der Waals surface area contributed by atoms with Crippen LogP contribution in [0.4, 0.5) is 5.69 Å². The number of thiophene rings is 1. The summed E-state index contributed by atoms with van der Waals surface area (Å²) in [6.07, 6.45) is 2.53. The molecule has 0 spiro atoms. The van der Waals surface area contributed by atoms with Crippen LogP contribution in [0.15, 0.2) is 59.7 Å². The first-order valence-corrected chi connectivity index (χ1v) is 10.8. The number of aryl methyl sites for hydroxylation is 2. The third-order valence-corrected chi connectivity index (χ3v) is 6.46. The summed E-state index contributed by atoms with van der Waals surface area (Å²) in [6, 6.07) is 15.4. The molecule has 7 heteroatoms. The first-order valence-electron chi connectivity index (χ1n) is 10.0. The lowest BCUT2D eigenvalue weighted by Gasteiger charge is -2.09. The van der Waals surface area contributed by atoms with Crippen LogP contribution in [-0.4, -0.2) is 22.6 Å². The molecule has 2 aromatic heterocycles. The van der Waals surface area contributed by atoms with Crippen LogP contribution in [-0.2, 0) is 13.0 Å². The second kappa shape index (κ2) is 8.73. The largest absolute Gasteiger partial charge is 0.495 e. The van der Waals surface area contributed by atoms with E-state index in [1.54, 1.807) is 37.1 Å². The highest BCUT2D eigenvalue weighted by Gasteiger charge is 2.20. The van der Waals surface area contributed by atoms with Crippen molar-refractivity contribution in [1.82, 2.24) is 9.55 Å². The Morgan fingerprint density at radius 1 is 1.13 bits per heavy atom. The SMILES string of the molecule is CCc1ccc(Cn2cnc3sc(C(=O)Nc4ccccc4OC)c(C)c3c2=O)cc1. The van der Waals surface area contributed by atoms with E-state index in [1.807, 2.05) is 24.3 Å². The van der Waals surface area contributed by atoms with Crippen LogP contribution in [0.1, 0.15) is 33.3 Å². The number of nitrogens with one attached hydrogen (secondary N) is 1. The summed E-state index contributed by atoms with van der Waals surface area (Å²) in [6.45, 7) is 4.33. The van der Waals surface area contributed by atoms with E-state index in [-0.39, 0.29) is 11.5 Å². The van der Waals surface area contributed by atoms with Gasteiger partial charge in [0.25, 0.3) is 11.5 Å². The highest BCUT2D eigenvalue weighted by Crippen LogP contribution is 2.29. The Morgan fingerprint density at radius 3 is 2.55 bits per heavy atom.